The number of hydrogen-bond donors (Lipinski definition) is 0. The van der Waals surface area contributed by atoms with Gasteiger partial charge >= 0.3 is 5.97 Å². The van der Waals surface area contributed by atoms with Crippen molar-refractivity contribution in [1.82, 2.24) is 9.55 Å². The molecule has 0 aromatic carbocycles. The van der Waals surface area contributed by atoms with Gasteiger partial charge in [-0.2, -0.15) is 5.26 Å². The van der Waals surface area contributed by atoms with Crippen molar-refractivity contribution >= 4 is 5.97 Å². The van der Waals surface area contributed by atoms with Crippen molar-refractivity contribution in [2.75, 3.05) is 7.11 Å². The van der Waals surface area contributed by atoms with E-state index in [-0.39, 0.29) is 11.5 Å². The number of hydrogen-bond acceptors (Lipinski definition) is 4. The molecule has 0 amide bonds. The summed E-state index contributed by atoms with van der Waals surface area (Å²) in [6, 6.07) is 1.84. The first-order valence-electron chi connectivity index (χ1n) is 3.21. The SMILES string of the molecule is COC(=O)c1cn(C)c(C#N)n1. The van der Waals surface area contributed by atoms with Crippen LogP contribution in [-0.4, -0.2) is 22.6 Å². The maximum Gasteiger partial charge on any atom is 0.358 e. The van der Waals surface area contributed by atoms with Crippen LogP contribution < -0.4 is 0 Å². The summed E-state index contributed by atoms with van der Waals surface area (Å²) in [7, 11) is 2.90. The molecule has 62 valence electrons. The van der Waals surface area contributed by atoms with Gasteiger partial charge in [0.1, 0.15) is 6.07 Å². The molecule has 0 saturated carbocycles. The average molecular weight is 165 g/mol. The van der Waals surface area contributed by atoms with E-state index in [1.165, 1.54) is 17.9 Å². The third kappa shape index (κ3) is 1.27. The van der Waals surface area contributed by atoms with Crippen molar-refractivity contribution in [3.63, 3.8) is 0 Å². The van der Waals surface area contributed by atoms with Crippen LogP contribution in [0.1, 0.15) is 16.3 Å². The minimum Gasteiger partial charge on any atom is -0.464 e. The van der Waals surface area contributed by atoms with Crippen LogP contribution in [0, 0.1) is 11.3 Å². The van der Waals surface area contributed by atoms with Crippen LogP contribution in [-0.2, 0) is 11.8 Å². The Labute approximate surface area is 69.2 Å². The van der Waals surface area contributed by atoms with E-state index in [2.05, 4.69) is 9.72 Å². The number of ether oxygens (including phenoxy) is 1. The van der Waals surface area contributed by atoms with Crippen molar-refractivity contribution in [3.8, 4) is 6.07 Å². The number of methoxy groups -OCH3 is 1. The average Bonchev–Trinajstić information content (AvgIpc) is 2.45. The number of esters is 1. The van der Waals surface area contributed by atoms with Crippen molar-refractivity contribution < 1.29 is 9.53 Å². The molecule has 12 heavy (non-hydrogen) atoms. The molecular weight excluding hydrogens is 158 g/mol. The van der Waals surface area contributed by atoms with Crippen molar-refractivity contribution in [2.24, 2.45) is 7.05 Å². The van der Waals surface area contributed by atoms with Gasteiger partial charge in [-0.1, -0.05) is 0 Å². The molecule has 1 heterocycles. The third-order valence-corrected chi connectivity index (χ3v) is 1.37. The third-order valence-electron chi connectivity index (χ3n) is 1.37. The number of aryl methyl sites for hydroxylation is 1. The summed E-state index contributed by atoms with van der Waals surface area (Å²) in [6.45, 7) is 0. The van der Waals surface area contributed by atoms with Gasteiger partial charge in [0.15, 0.2) is 5.69 Å². The second-order valence-electron chi connectivity index (χ2n) is 2.16. The number of aromatic nitrogens is 2. The zero-order valence-electron chi connectivity index (χ0n) is 6.74. The Morgan fingerprint density at radius 3 is 2.92 bits per heavy atom. The minimum atomic E-state index is -0.535. The fourth-order valence-corrected chi connectivity index (χ4v) is 0.773. The molecule has 0 unspecified atom stereocenters. The maximum atomic E-state index is 10.9. The normalized spacial score (nSPS) is 9.08. The molecule has 0 aliphatic heterocycles. The predicted molar refractivity (Wildman–Crippen MR) is 39.3 cm³/mol. The van der Waals surface area contributed by atoms with Gasteiger partial charge in [0, 0.05) is 13.2 Å². The summed E-state index contributed by atoms with van der Waals surface area (Å²) >= 11 is 0. The predicted octanol–water partition coefficient (Wildman–Crippen LogP) is 0.0784. The minimum absolute atomic E-state index is 0.150. The molecule has 0 aliphatic rings. The number of imidazole rings is 1. The highest BCUT2D eigenvalue weighted by molar-refractivity contribution is 5.87. The van der Waals surface area contributed by atoms with Crippen LogP contribution in [0.2, 0.25) is 0 Å². The molecule has 0 fully saturated rings. The molecule has 0 bridgehead atoms. The summed E-state index contributed by atoms with van der Waals surface area (Å²) in [5.74, 6) is -0.345. The van der Waals surface area contributed by atoms with Gasteiger partial charge < -0.3 is 9.30 Å². The van der Waals surface area contributed by atoms with Gasteiger partial charge in [0.25, 0.3) is 0 Å². The topological polar surface area (TPSA) is 67.9 Å². The summed E-state index contributed by atoms with van der Waals surface area (Å²) in [6.07, 6.45) is 1.45. The Kier molecular flexibility index (Phi) is 2.10. The number of nitriles is 1. The van der Waals surface area contributed by atoms with Crippen molar-refractivity contribution in [1.29, 1.82) is 5.26 Å². The van der Waals surface area contributed by atoms with Gasteiger partial charge in [0.2, 0.25) is 5.82 Å². The number of carbonyl (C=O) groups excluding carboxylic acids is 1. The lowest BCUT2D eigenvalue weighted by molar-refractivity contribution is 0.0594. The van der Waals surface area contributed by atoms with E-state index in [1.807, 2.05) is 6.07 Å². The van der Waals surface area contributed by atoms with Gasteiger partial charge in [-0.05, 0) is 0 Å². The maximum absolute atomic E-state index is 10.9. The Bertz CT molecular complexity index is 348. The highest BCUT2D eigenvalue weighted by atomic mass is 16.5. The lowest BCUT2D eigenvalue weighted by atomic mass is 10.5. The number of rotatable bonds is 1. The monoisotopic (exact) mass is 165 g/mol. The van der Waals surface area contributed by atoms with E-state index in [0.29, 0.717) is 0 Å². The summed E-state index contributed by atoms with van der Waals surface area (Å²) in [5.41, 5.74) is 0.150. The fraction of sp³-hybridized carbons (Fsp3) is 0.286. The standard InChI is InChI=1S/C7H7N3O2/c1-10-4-5(7(11)12-2)9-6(10)3-8/h4H,1-2H3. The van der Waals surface area contributed by atoms with Gasteiger partial charge in [0.05, 0.1) is 7.11 Å². The van der Waals surface area contributed by atoms with Crippen LogP contribution in [0.25, 0.3) is 0 Å². The van der Waals surface area contributed by atoms with E-state index < -0.39 is 5.97 Å². The second kappa shape index (κ2) is 3.05. The highest BCUT2D eigenvalue weighted by Gasteiger charge is 2.11. The molecule has 0 spiro atoms. The first kappa shape index (κ1) is 8.27. The number of carbonyl (C=O) groups is 1. The van der Waals surface area contributed by atoms with E-state index >= 15 is 0 Å². The Morgan fingerprint density at radius 2 is 2.50 bits per heavy atom. The summed E-state index contributed by atoms with van der Waals surface area (Å²) < 4.78 is 5.89. The van der Waals surface area contributed by atoms with E-state index in [0.717, 1.165) is 0 Å². The van der Waals surface area contributed by atoms with E-state index in [9.17, 15) is 4.79 Å². The largest absolute Gasteiger partial charge is 0.464 e. The van der Waals surface area contributed by atoms with Gasteiger partial charge in [-0.3, -0.25) is 0 Å². The van der Waals surface area contributed by atoms with Crippen LogP contribution in [0.4, 0.5) is 0 Å². The zero-order chi connectivity index (χ0) is 9.14. The van der Waals surface area contributed by atoms with Crippen molar-refractivity contribution in [3.05, 3.63) is 17.7 Å². The van der Waals surface area contributed by atoms with E-state index in [1.54, 1.807) is 7.05 Å². The van der Waals surface area contributed by atoms with Gasteiger partial charge in [-0.25, -0.2) is 9.78 Å². The summed E-state index contributed by atoms with van der Waals surface area (Å²) in [5, 5.41) is 8.50. The molecule has 0 atom stereocenters. The Balaban J connectivity index is 3.07. The van der Waals surface area contributed by atoms with Crippen LogP contribution in [0.15, 0.2) is 6.20 Å². The molecule has 1 rings (SSSR count). The van der Waals surface area contributed by atoms with Gasteiger partial charge in [-0.15, -0.1) is 0 Å². The lowest BCUT2D eigenvalue weighted by Gasteiger charge is -1.89. The highest BCUT2D eigenvalue weighted by Crippen LogP contribution is 2.00. The molecule has 0 N–H and O–H groups in total. The van der Waals surface area contributed by atoms with Crippen LogP contribution in [0.5, 0.6) is 0 Å². The van der Waals surface area contributed by atoms with Crippen LogP contribution >= 0.6 is 0 Å². The first-order chi connectivity index (χ1) is 5.69. The fourth-order valence-electron chi connectivity index (χ4n) is 0.773. The lowest BCUT2D eigenvalue weighted by Crippen LogP contribution is -2.00. The van der Waals surface area contributed by atoms with Crippen molar-refractivity contribution in [2.45, 2.75) is 0 Å². The molecule has 1 aromatic heterocycles. The molecule has 0 saturated heterocycles. The molecule has 1 aromatic rings. The Morgan fingerprint density at radius 1 is 1.83 bits per heavy atom. The molecule has 5 nitrogen and oxygen atoms in total. The molecule has 0 radical (unpaired) electrons. The Hall–Kier alpha value is -1.83. The quantitative estimate of drug-likeness (QED) is 0.552. The second-order valence-corrected chi connectivity index (χ2v) is 2.16. The zero-order valence-corrected chi connectivity index (χ0v) is 6.74. The molecule has 0 aliphatic carbocycles. The molecule has 5 heteroatoms. The van der Waals surface area contributed by atoms with Crippen LogP contribution in [0.3, 0.4) is 0 Å². The summed E-state index contributed by atoms with van der Waals surface area (Å²) in [4.78, 5) is 14.6. The first-order valence-corrected chi connectivity index (χ1v) is 3.21. The number of nitrogens with zero attached hydrogens (tertiary/aromatic N) is 3. The molecular formula is C7H7N3O2. The van der Waals surface area contributed by atoms with E-state index in [4.69, 9.17) is 5.26 Å². The smallest absolute Gasteiger partial charge is 0.358 e.